The summed E-state index contributed by atoms with van der Waals surface area (Å²) in [7, 11) is -3.93. The fraction of sp³-hybridized carbons (Fsp3) is 0.533. The normalized spacial score (nSPS) is 12.8. The number of hydrogen-bond acceptors (Lipinski definition) is 4. The van der Waals surface area contributed by atoms with Crippen molar-refractivity contribution in [3.05, 3.63) is 23.8 Å². The van der Waals surface area contributed by atoms with Crippen LogP contribution in [-0.4, -0.2) is 24.3 Å². The zero-order valence-electron chi connectivity index (χ0n) is 14.1. The van der Waals surface area contributed by atoms with Crippen LogP contribution in [-0.2, 0) is 18.4 Å². The second kappa shape index (κ2) is 7.68. The molecule has 0 aliphatic heterocycles. The summed E-state index contributed by atoms with van der Waals surface area (Å²) in [5.41, 5.74) is 0.332. The summed E-state index contributed by atoms with van der Waals surface area (Å²) < 4.78 is 61.5. The van der Waals surface area contributed by atoms with Crippen molar-refractivity contribution in [1.29, 1.82) is 0 Å². The Kier molecular flexibility index (Phi) is 6.61. The number of hydrogen-bond donors (Lipinski definition) is 1. The van der Waals surface area contributed by atoms with Gasteiger partial charge in [0.15, 0.2) is 0 Å². The molecule has 0 saturated carbocycles. The van der Waals surface area contributed by atoms with E-state index in [0.717, 1.165) is 0 Å². The van der Waals surface area contributed by atoms with Gasteiger partial charge in [0, 0.05) is 0 Å². The molecule has 0 atom stereocenters. The Labute approximate surface area is 139 Å². The third kappa shape index (κ3) is 5.61. The minimum Gasteiger partial charge on any atom is -0.317 e. The maximum absolute atomic E-state index is 13.1. The van der Waals surface area contributed by atoms with Gasteiger partial charge in [-0.3, -0.25) is 9.36 Å². The molecular weight excluding hydrogens is 346 g/mol. The summed E-state index contributed by atoms with van der Waals surface area (Å²) >= 11 is 0. The van der Waals surface area contributed by atoms with Gasteiger partial charge in [0.2, 0.25) is 0 Å². The number of rotatable bonds is 6. The fourth-order valence-corrected chi connectivity index (χ4v) is 3.94. The number of halogens is 3. The average molecular weight is 367 g/mol. The van der Waals surface area contributed by atoms with E-state index in [0.29, 0.717) is 5.56 Å². The molecule has 1 aromatic rings. The number of carbonyl (C=O) groups is 1. The van der Waals surface area contributed by atoms with Gasteiger partial charge in [0.1, 0.15) is 0 Å². The summed E-state index contributed by atoms with van der Waals surface area (Å²) in [6, 6.07) is 4.18. The van der Waals surface area contributed by atoms with Crippen molar-refractivity contribution in [2.45, 2.75) is 53.0 Å². The van der Waals surface area contributed by atoms with Gasteiger partial charge in [-0.25, -0.2) is 0 Å². The van der Waals surface area contributed by atoms with E-state index in [4.69, 9.17) is 9.05 Å². The SMILES string of the molecule is Cc1ccc(P(=O)(OC(C)C)OC(C)C)c(NC(=O)C(F)(F)F)c1. The number of carbonyl (C=O) groups excluding carboxylic acids is 1. The van der Waals surface area contributed by atoms with Crippen LogP contribution < -0.4 is 10.6 Å². The van der Waals surface area contributed by atoms with E-state index in [2.05, 4.69) is 0 Å². The van der Waals surface area contributed by atoms with Gasteiger partial charge in [-0.2, -0.15) is 13.2 Å². The zero-order valence-corrected chi connectivity index (χ0v) is 15.0. The van der Waals surface area contributed by atoms with Crippen molar-refractivity contribution in [2.24, 2.45) is 0 Å². The summed E-state index contributed by atoms with van der Waals surface area (Å²) in [5, 5.41) is 1.63. The van der Waals surface area contributed by atoms with Gasteiger partial charge in [0.25, 0.3) is 0 Å². The number of alkyl halides is 3. The molecule has 0 heterocycles. The Hall–Kier alpha value is -1.37. The summed E-state index contributed by atoms with van der Waals surface area (Å²) in [6.45, 7) is 8.12. The van der Waals surface area contributed by atoms with Crippen LogP contribution in [0.4, 0.5) is 18.9 Å². The predicted molar refractivity (Wildman–Crippen MR) is 85.5 cm³/mol. The third-order valence-corrected chi connectivity index (χ3v) is 5.03. The van der Waals surface area contributed by atoms with Crippen LogP contribution in [0.15, 0.2) is 18.2 Å². The van der Waals surface area contributed by atoms with Crippen LogP contribution in [0.3, 0.4) is 0 Å². The molecule has 0 unspecified atom stereocenters. The number of amides is 1. The first-order valence-corrected chi connectivity index (χ1v) is 8.85. The van der Waals surface area contributed by atoms with Crippen LogP contribution in [0.5, 0.6) is 0 Å². The van der Waals surface area contributed by atoms with Gasteiger partial charge < -0.3 is 14.4 Å². The molecule has 1 N–H and O–H groups in total. The van der Waals surface area contributed by atoms with E-state index in [-0.39, 0.29) is 11.0 Å². The van der Waals surface area contributed by atoms with Crippen LogP contribution >= 0.6 is 7.60 Å². The first-order chi connectivity index (χ1) is 10.8. The second-order valence-electron chi connectivity index (χ2n) is 5.78. The van der Waals surface area contributed by atoms with E-state index in [9.17, 15) is 22.5 Å². The maximum Gasteiger partial charge on any atom is 0.471 e. The van der Waals surface area contributed by atoms with Gasteiger partial charge >= 0.3 is 19.7 Å². The van der Waals surface area contributed by atoms with Gasteiger partial charge in [-0.1, -0.05) is 6.07 Å². The van der Waals surface area contributed by atoms with Crippen molar-refractivity contribution in [3.8, 4) is 0 Å². The third-order valence-electron chi connectivity index (χ3n) is 2.65. The summed E-state index contributed by atoms with van der Waals surface area (Å²) in [6.07, 6.45) is -6.06. The summed E-state index contributed by atoms with van der Waals surface area (Å²) in [5.74, 6) is -2.16. The van der Waals surface area contributed by atoms with Gasteiger partial charge in [-0.05, 0) is 52.3 Å². The smallest absolute Gasteiger partial charge is 0.317 e. The highest BCUT2D eigenvalue weighted by molar-refractivity contribution is 7.62. The minimum atomic E-state index is -5.07. The fourth-order valence-electron chi connectivity index (χ4n) is 1.88. The molecule has 136 valence electrons. The van der Waals surface area contributed by atoms with Crippen LogP contribution in [0.2, 0.25) is 0 Å². The van der Waals surface area contributed by atoms with Crippen molar-refractivity contribution in [1.82, 2.24) is 0 Å². The second-order valence-corrected chi connectivity index (χ2v) is 7.68. The van der Waals surface area contributed by atoms with E-state index >= 15 is 0 Å². The Balaban J connectivity index is 3.39. The molecule has 0 bridgehead atoms. The molecule has 0 spiro atoms. The molecule has 0 aromatic heterocycles. The number of anilines is 1. The van der Waals surface area contributed by atoms with Crippen LogP contribution in [0.25, 0.3) is 0 Å². The molecule has 0 aliphatic carbocycles. The first kappa shape index (κ1) is 20.7. The molecule has 24 heavy (non-hydrogen) atoms. The molecular formula is C15H21F3NO4P. The Morgan fingerprint density at radius 1 is 1.12 bits per heavy atom. The summed E-state index contributed by atoms with van der Waals surface area (Å²) in [4.78, 5) is 11.3. The maximum atomic E-state index is 13.1. The highest BCUT2D eigenvalue weighted by Crippen LogP contribution is 2.51. The Bertz CT molecular complexity index is 630. The Morgan fingerprint density at radius 2 is 1.62 bits per heavy atom. The average Bonchev–Trinajstić information content (AvgIpc) is 2.34. The van der Waals surface area contributed by atoms with Gasteiger partial charge in [-0.15, -0.1) is 0 Å². The van der Waals surface area contributed by atoms with Crippen molar-refractivity contribution < 1.29 is 31.6 Å². The largest absolute Gasteiger partial charge is 0.471 e. The lowest BCUT2D eigenvalue weighted by atomic mass is 10.2. The molecule has 0 fully saturated rings. The highest BCUT2D eigenvalue weighted by Gasteiger charge is 2.40. The van der Waals surface area contributed by atoms with Crippen molar-refractivity contribution >= 4 is 24.5 Å². The number of aryl methyl sites for hydroxylation is 1. The molecule has 9 heteroatoms. The molecule has 0 aliphatic rings. The highest BCUT2D eigenvalue weighted by atomic mass is 31.2. The van der Waals surface area contributed by atoms with E-state index in [1.807, 2.05) is 0 Å². The molecule has 1 amide bonds. The minimum absolute atomic E-state index is 0.118. The molecule has 5 nitrogen and oxygen atoms in total. The topological polar surface area (TPSA) is 64.6 Å². The van der Waals surface area contributed by atoms with E-state index in [1.54, 1.807) is 46.0 Å². The molecule has 0 saturated heterocycles. The molecule has 1 rings (SSSR count). The lowest BCUT2D eigenvalue weighted by Crippen LogP contribution is -2.32. The molecule has 0 radical (unpaired) electrons. The van der Waals surface area contributed by atoms with E-state index in [1.165, 1.54) is 12.1 Å². The van der Waals surface area contributed by atoms with Crippen molar-refractivity contribution in [3.63, 3.8) is 0 Å². The van der Waals surface area contributed by atoms with Gasteiger partial charge in [0.05, 0.1) is 23.2 Å². The molecule has 1 aromatic carbocycles. The van der Waals surface area contributed by atoms with Crippen LogP contribution in [0.1, 0.15) is 33.3 Å². The Morgan fingerprint density at radius 3 is 2.04 bits per heavy atom. The lowest BCUT2D eigenvalue weighted by Gasteiger charge is -2.25. The van der Waals surface area contributed by atoms with Crippen molar-refractivity contribution in [2.75, 3.05) is 5.32 Å². The monoisotopic (exact) mass is 367 g/mol. The van der Waals surface area contributed by atoms with E-state index < -0.39 is 31.9 Å². The predicted octanol–water partition coefficient (Wildman–Crippen LogP) is 4.16. The first-order valence-electron chi connectivity index (χ1n) is 7.31. The van der Waals surface area contributed by atoms with Crippen LogP contribution in [0, 0.1) is 6.92 Å². The lowest BCUT2D eigenvalue weighted by molar-refractivity contribution is -0.167. The quantitative estimate of drug-likeness (QED) is 0.767. The number of benzene rings is 1. The zero-order chi connectivity index (χ0) is 18.7. The number of nitrogens with one attached hydrogen (secondary N) is 1. The standard InChI is InChI=1S/C15H21F3NO4P/c1-9(2)22-24(21,23-10(3)4)13-7-6-11(5)8-12(13)19-14(20)15(16,17)18/h6-10H,1-5H3,(H,19,20).